The van der Waals surface area contributed by atoms with Crippen LogP contribution in [0.5, 0.6) is 5.75 Å². The van der Waals surface area contributed by atoms with E-state index in [9.17, 15) is 18.0 Å². The number of carbonyl (C=O) groups is 2. The van der Waals surface area contributed by atoms with Crippen molar-refractivity contribution in [1.29, 1.82) is 0 Å². The van der Waals surface area contributed by atoms with Gasteiger partial charge < -0.3 is 20.7 Å². The number of hydrogen-bond acceptors (Lipinski definition) is 6. The molecule has 1 saturated heterocycles. The molecule has 0 atom stereocenters. The van der Waals surface area contributed by atoms with Gasteiger partial charge in [0.15, 0.2) is 0 Å². The fraction of sp³-hybridized carbons (Fsp3) is 0.462. The Bertz CT molecular complexity index is 1190. The number of benzene rings is 2. The number of aryl methyl sites for hydroxylation is 1. The molecule has 194 valence electrons. The van der Waals surface area contributed by atoms with Crippen LogP contribution in [0.2, 0.25) is 0 Å². The summed E-state index contributed by atoms with van der Waals surface area (Å²) in [5.74, 6) is 0.282. The third kappa shape index (κ3) is 5.55. The lowest BCUT2D eigenvalue weighted by atomic mass is 9.85. The van der Waals surface area contributed by atoms with E-state index in [2.05, 4.69) is 20.7 Å². The zero-order valence-corrected chi connectivity index (χ0v) is 21.5. The molecule has 1 aliphatic heterocycles. The molecule has 36 heavy (non-hydrogen) atoms. The molecule has 2 aromatic carbocycles. The summed E-state index contributed by atoms with van der Waals surface area (Å²) < 4.78 is 32.7. The van der Waals surface area contributed by atoms with Crippen LogP contribution in [0.4, 0.5) is 0 Å². The van der Waals surface area contributed by atoms with Gasteiger partial charge in [-0.2, -0.15) is 0 Å². The van der Waals surface area contributed by atoms with Crippen molar-refractivity contribution in [3.8, 4) is 5.75 Å². The van der Waals surface area contributed by atoms with Crippen LogP contribution in [-0.2, 0) is 25.0 Å². The quantitative estimate of drug-likeness (QED) is 0.355. The minimum Gasteiger partial charge on any atom is -0.497 e. The molecule has 1 aliphatic carbocycles. The summed E-state index contributed by atoms with van der Waals surface area (Å²) in [4.78, 5) is 27.0. The summed E-state index contributed by atoms with van der Waals surface area (Å²) >= 11 is 0. The second kappa shape index (κ2) is 10.6. The van der Waals surface area contributed by atoms with E-state index >= 15 is 0 Å². The van der Waals surface area contributed by atoms with Gasteiger partial charge in [0.1, 0.15) is 11.3 Å². The molecule has 0 aromatic heterocycles. The topological polar surface area (TPSA) is 126 Å². The molecule has 1 saturated carbocycles. The summed E-state index contributed by atoms with van der Waals surface area (Å²) in [6.07, 6.45) is 2.36. The maximum absolute atomic E-state index is 13.5. The van der Waals surface area contributed by atoms with Crippen molar-refractivity contribution < 1.29 is 22.7 Å². The fourth-order valence-electron chi connectivity index (χ4n) is 4.61. The van der Waals surface area contributed by atoms with Crippen LogP contribution < -0.4 is 25.4 Å². The molecule has 10 heteroatoms. The Morgan fingerprint density at radius 3 is 2.14 bits per heavy atom. The minimum absolute atomic E-state index is 0.0417. The number of carbonyl (C=O) groups excluding carboxylic acids is 2. The van der Waals surface area contributed by atoms with Gasteiger partial charge in [0.2, 0.25) is 21.8 Å². The molecule has 4 rings (SSSR count). The highest BCUT2D eigenvalue weighted by atomic mass is 32.2. The maximum atomic E-state index is 13.5. The van der Waals surface area contributed by atoms with Crippen LogP contribution >= 0.6 is 0 Å². The van der Waals surface area contributed by atoms with Gasteiger partial charge in [0.25, 0.3) is 0 Å². The van der Waals surface area contributed by atoms with Gasteiger partial charge in [-0.15, -0.1) is 0 Å². The predicted molar refractivity (Wildman–Crippen MR) is 136 cm³/mol. The zero-order chi connectivity index (χ0) is 25.8. The summed E-state index contributed by atoms with van der Waals surface area (Å²) in [6, 6.07) is 14.1. The van der Waals surface area contributed by atoms with Crippen molar-refractivity contribution in [2.24, 2.45) is 0 Å². The smallest absolute Gasteiger partial charge is 0.245 e. The number of piperidine rings is 1. The number of ether oxygens (including phenoxy) is 1. The highest BCUT2D eigenvalue weighted by Crippen LogP contribution is 2.49. The van der Waals surface area contributed by atoms with E-state index in [0.29, 0.717) is 25.9 Å². The Balaban J connectivity index is 1.38. The van der Waals surface area contributed by atoms with Gasteiger partial charge >= 0.3 is 0 Å². The van der Waals surface area contributed by atoms with Crippen LogP contribution in [-0.4, -0.2) is 59.1 Å². The molecule has 2 fully saturated rings. The number of hydrogen-bond donors (Lipinski definition) is 4. The lowest BCUT2D eigenvalue weighted by Gasteiger charge is -2.38. The molecule has 9 nitrogen and oxygen atoms in total. The predicted octanol–water partition coefficient (Wildman–Crippen LogP) is 1.37. The number of amides is 2. The van der Waals surface area contributed by atoms with Gasteiger partial charge in [-0.05, 0) is 75.5 Å². The van der Waals surface area contributed by atoms with Gasteiger partial charge in [-0.1, -0.05) is 29.8 Å². The van der Waals surface area contributed by atoms with Crippen LogP contribution in [0.25, 0.3) is 0 Å². The van der Waals surface area contributed by atoms with E-state index in [1.54, 1.807) is 31.4 Å². The van der Waals surface area contributed by atoms with Gasteiger partial charge in [-0.3, -0.25) is 9.59 Å². The summed E-state index contributed by atoms with van der Waals surface area (Å²) in [5, 5.41) is 9.16. The average molecular weight is 515 g/mol. The molecular weight excluding hydrogens is 480 g/mol. The molecule has 0 radical (unpaired) electrons. The monoisotopic (exact) mass is 514 g/mol. The first-order valence-electron chi connectivity index (χ1n) is 12.2. The van der Waals surface area contributed by atoms with Crippen molar-refractivity contribution in [2.45, 2.75) is 48.5 Å². The van der Waals surface area contributed by atoms with Crippen LogP contribution in [0.1, 0.15) is 36.8 Å². The number of sulfonamides is 1. The van der Waals surface area contributed by atoms with E-state index in [1.807, 2.05) is 31.2 Å². The highest BCUT2D eigenvalue weighted by molar-refractivity contribution is 7.89. The van der Waals surface area contributed by atoms with Crippen molar-refractivity contribution in [2.75, 3.05) is 33.3 Å². The first-order chi connectivity index (χ1) is 17.2. The van der Waals surface area contributed by atoms with Crippen molar-refractivity contribution in [1.82, 2.24) is 20.7 Å². The highest BCUT2D eigenvalue weighted by Gasteiger charge is 2.54. The van der Waals surface area contributed by atoms with Gasteiger partial charge in [-0.25, -0.2) is 13.1 Å². The van der Waals surface area contributed by atoms with E-state index in [-0.39, 0.29) is 29.8 Å². The van der Waals surface area contributed by atoms with E-state index in [1.165, 1.54) is 0 Å². The molecule has 0 spiro atoms. The van der Waals surface area contributed by atoms with Crippen LogP contribution in [0, 0.1) is 6.92 Å². The van der Waals surface area contributed by atoms with Crippen LogP contribution in [0.15, 0.2) is 53.4 Å². The third-order valence-electron chi connectivity index (χ3n) is 7.11. The zero-order valence-electron chi connectivity index (χ0n) is 20.7. The molecule has 2 aliphatic rings. The molecule has 2 amide bonds. The van der Waals surface area contributed by atoms with Crippen molar-refractivity contribution in [3.63, 3.8) is 0 Å². The summed E-state index contributed by atoms with van der Waals surface area (Å²) in [5.41, 5.74) is 0.209. The lowest BCUT2D eigenvalue weighted by molar-refractivity contribution is -0.135. The lowest BCUT2D eigenvalue weighted by Crippen LogP contribution is -2.64. The van der Waals surface area contributed by atoms with Crippen LogP contribution in [0.3, 0.4) is 0 Å². The number of nitrogens with one attached hydrogen (secondary N) is 4. The standard InChI is InChI=1S/C26H34N4O5S/c1-19-3-9-22(10-4-19)36(33,34)29-18-17-28-24(32)26(13-15-27-16-14-26)30-23(31)25(11-12-25)20-5-7-21(35-2)8-6-20/h3-10,27,29H,11-18H2,1-2H3,(H,28,32)(H,30,31). The number of methoxy groups -OCH3 is 1. The van der Waals surface area contributed by atoms with Crippen molar-refractivity contribution >= 4 is 21.8 Å². The first kappa shape index (κ1) is 26.1. The Hall–Kier alpha value is -2.95. The SMILES string of the molecule is COc1ccc(C2(C(=O)NC3(C(=O)NCCNS(=O)(=O)c4ccc(C)cc4)CCNCC3)CC2)cc1. The molecule has 1 heterocycles. The molecule has 0 unspecified atom stereocenters. The Morgan fingerprint density at radius 1 is 0.917 bits per heavy atom. The van der Waals surface area contributed by atoms with E-state index < -0.39 is 21.0 Å². The summed E-state index contributed by atoms with van der Waals surface area (Å²) in [6.45, 7) is 3.24. The fourth-order valence-corrected chi connectivity index (χ4v) is 5.64. The normalized spacial score (nSPS) is 18.2. The minimum atomic E-state index is -3.67. The van der Waals surface area contributed by atoms with E-state index in [0.717, 1.165) is 29.7 Å². The Labute approximate surface area is 212 Å². The summed E-state index contributed by atoms with van der Waals surface area (Å²) in [7, 11) is -2.07. The Morgan fingerprint density at radius 2 is 1.56 bits per heavy atom. The average Bonchev–Trinajstić information content (AvgIpc) is 3.70. The molecule has 2 aromatic rings. The molecular formula is C26H34N4O5S. The number of rotatable bonds is 10. The maximum Gasteiger partial charge on any atom is 0.245 e. The second-order valence-electron chi connectivity index (χ2n) is 9.56. The second-order valence-corrected chi connectivity index (χ2v) is 11.3. The van der Waals surface area contributed by atoms with Crippen molar-refractivity contribution in [3.05, 3.63) is 59.7 Å². The third-order valence-corrected chi connectivity index (χ3v) is 8.58. The first-order valence-corrected chi connectivity index (χ1v) is 13.7. The molecule has 0 bridgehead atoms. The largest absolute Gasteiger partial charge is 0.497 e. The van der Waals surface area contributed by atoms with Gasteiger partial charge in [0.05, 0.1) is 17.4 Å². The van der Waals surface area contributed by atoms with E-state index in [4.69, 9.17) is 4.74 Å². The van der Waals surface area contributed by atoms with Gasteiger partial charge in [0, 0.05) is 13.1 Å². The molecule has 4 N–H and O–H groups in total. The Kier molecular flexibility index (Phi) is 7.67.